The number of nitrogens with one attached hydrogen (secondary N) is 1. The second-order valence-electron chi connectivity index (χ2n) is 10.7. The van der Waals surface area contributed by atoms with Gasteiger partial charge in [0.2, 0.25) is 23.5 Å². The Hall–Kier alpha value is -4.09. The van der Waals surface area contributed by atoms with Crippen LogP contribution in [0.2, 0.25) is 0 Å². The Labute approximate surface area is 231 Å². The first kappa shape index (κ1) is 26.1. The Morgan fingerprint density at radius 3 is 2.48 bits per heavy atom. The van der Waals surface area contributed by atoms with E-state index in [2.05, 4.69) is 29.3 Å². The maximum absolute atomic E-state index is 13.8. The van der Waals surface area contributed by atoms with Crippen molar-refractivity contribution in [2.45, 2.75) is 57.4 Å². The third-order valence-electron chi connectivity index (χ3n) is 7.83. The van der Waals surface area contributed by atoms with Crippen LogP contribution in [0.15, 0.2) is 59.1 Å². The van der Waals surface area contributed by atoms with E-state index in [1.807, 2.05) is 54.6 Å². The number of fused-ring (bicyclic) bond motifs is 2. The molecule has 3 heterocycles. The summed E-state index contributed by atoms with van der Waals surface area (Å²) >= 11 is 0. The second-order valence-corrected chi connectivity index (χ2v) is 10.7. The highest BCUT2D eigenvalue weighted by molar-refractivity contribution is 6.01. The average molecular weight is 546 g/mol. The SMILES string of the molecule is CC(C)c1ccc(NC(=O)CN2C(=O)N(Cc3nc(-c4ccccc4)no3)C(=O)C3CC4OCOC4CC32)cc1. The number of carbonyl (C=O) groups is 3. The van der Waals surface area contributed by atoms with Crippen molar-refractivity contribution in [3.8, 4) is 11.4 Å². The molecule has 2 saturated heterocycles. The van der Waals surface area contributed by atoms with Gasteiger partial charge in [-0.25, -0.2) is 4.79 Å². The van der Waals surface area contributed by atoms with Crippen LogP contribution < -0.4 is 5.32 Å². The minimum Gasteiger partial charge on any atom is -0.349 e. The molecule has 11 nitrogen and oxygen atoms in total. The topological polar surface area (TPSA) is 127 Å². The highest BCUT2D eigenvalue weighted by Crippen LogP contribution is 2.39. The molecule has 2 aromatic carbocycles. The quantitative estimate of drug-likeness (QED) is 0.475. The Kier molecular flexibility index (Phi) is 7.07. The number of urea groups is 1. The number of aromatic nitrogens is 2. The van der Waals surface area contributed by atoms with Crippen molar-refractivity contribution in [2.75, 3.05) is 18.7 Å². The lowest BCUT2D eigenvalue weighted by molar-refractivity contribution is -0.145. The van der Waals surface area contributed by atoms with Gasteiger partial charge in [-0.1, -0.05) is 61.5 Å². The van der Waals surface area contributed by atoms with E-state index in [1.54, 1.807) is 0 Å². The van der Waals surface area contributed by atoms with Crippen LogP contribution in [0.25, 0.3) is 11.4 Å². The maximum atomic E-state index is 13.8. The minimum atomic E-state index is -0.576. The molecule has 1 aliphatic carbocycles. The van der Waals surface area contributed by atoms with Gasteiger partial charge < -0.3 is 24.2 Å². The molecule has 1 aromatic heterocycles. The number of imide groups is 1. The van der Waals surface area contributed by atoms with Gasteiger partial charge in [0.05, 0.1) is 18.1 Å². The minimum absolute atomic E-state index is 0.128. The fourth-order valence-corrected chi connectivity index (χ4v) is 5.68. The Morgan fingerprint density at radius 1 is 1.02 bits per heavy atom. The zero-order chi connectivity index (χ0) is 27.8. The molecule has 1 saturated carbocycles. The molecule has 40 heavy (non-hydrogen) atoms. The molecule has 1 N–H and O–H groups in total. The van der Waals surface area contributed by atoms with Gasteiger partial charge in [-0.2, -0.15) is 4.98 Å². The summed E-state index contributed by atoms with van der Waals surface area (Å²) in [6.45, 7) is 3.94. The molecule has 0 bridgehead atoms. The van der Waals surface area contributed by atoms with Gasteiger partial charge in [-0.15, -0.1) is 0 Å². The summed E-state index contributed by atoms with van der Waals surface area (Å²) in [5.74, 6) is -0.381. The number of nitrogens with zero attached hydrogens (tertiary/aromatic N) is 4. The molecule has 3 fully saturated rings. The van der Waals surface area contributed by atoms with E-state index in [-0.39, 0.29) is 49.8 Å². The molecular weight excluding hydrogens is 514 g/mol. The number of carbonyl (C=O) groups excluding carboxylic acids is 3. The zero-order valence-corrected chi connectivity index (χ0v) is 22.4. The molecule has 4 unspecified atom stereocenters. The van der Waals surface area contributed by atoms with Crippen molar-refractivity contribution in [3.05, 3.63) is 66.1 Å². The first-order valence-corrected chi connectivity index (χ1v) is 13.5. The molecule has 0 spiro atoms. The summed E-state index contributed by atoms with van der Waals surface area (Å²) in [5, 5.41) is 6.89. The van der Waals surface area contributed by atoms with E-state index in [1.165, 1.54) is 4.90 Å². The predicted molar refractivity (Wildman–Crippen MR) is 143 cm³/mol. The molecule has 3 aliphatic rings. The third-order valence-corrected chi connectivity index (χ3v) is 7.83. The lowest BCUT2D eigenvalue weighted by Gasteiger charge is -2.48. The van der Waals surface area contributed by atoms with Crippen molar-refractivity contribution in [2.24, 2.45) is 5.92 Å². The van der Waals surface area contributed by atoms with Gasteiger partial charge in [0, 0.05) is 17.3 Å². The lowest BCUT2D eigenvalue weighted by atomic mass is 9.78. The number of hydrogen-bond acceptors (Lipinski definition) is 8. The van der Waals surface area contributed by atoms with Crippen molar-refractivity contribution in [3.63, 3.8) is 0 Å². The third kappa shape index (κ3) is 5.09. The molecule has 2 aliphatic heterocycles. The monoisotopic (exact) mass is 545 g/mol. The molecule has 4 amide bonds. The summed E-state index contributed by atoms with van der Waals surface area (Å²) in [6.07, 6.45) is 0.345. The lowest BCUT2D eigenvalue weighted by Crippen LogP contribution is -2.65. The predicted octanol–water partition coefficient (Wildman–Crippen LogP) is 3.78. The van der Waals surface area contributed by atoms with Crippen molar-refractivity contribution in [1.82, 2.24) is 19.9 Å². The number of benzene rings is 2. The van der Waals surface area contributed by atoms with Crippen molar-refractivity contribution < 1.29 is 28.4 Å². The zero-order valence-electron chi connectivity index (χ0n) is 22.4. The van der Waals surface area contributed by atoms with Gasteiger partial charge in [0.1, 0.15) is 19.9 Å². The van der Waals surface area contributed by atoms with E-state index in [9.17, 15) is 14.4 Å². The maximum Gasteiger partial charge on any atom is 0.327 e. The summed E-state index contributed by atoms with van der Waals surface area (Å²) < 4.78 is 16.8. The highest BCUT2D eigenvalue weighted by atomic mass is 16.7. The molecular formula is C29H31N5O6. The Bertz CT molecular complexity index is 1390. The summed E-state index contributed by atoms with van der Waals surface area (Å²) in [4.78, 5) is 47.5. The smallest absolute Gasteiger partial charge is 0.327 e. The van der Waals surface area contributed by atoms with E-state index in [0.29, 0.717) is 30.3 Å². The van der Waals surface area contributed by atoms with Crippen LogP contribution in [0.3, 0.4) is 0 Å². The van der Waals surface area contributed by atoms with E-state index >= 15 is 0 Å². The Balaban J connectivity index is 1.22. The fourth-order valence-electron chi connectivity index (χ4n) is 5.68. The standard InChI is InChI=1S/C29H31N5O6/c1-17(2)18-8-10-20(11-9-18)30-25(35)14-33-22-13-24-23(38-16-39-24)12-21(22)28(36)34(29(33)37)15-26-31-27(32-40-26)19-6-4-3-5-7-19/h3-11,17,21-24H,12-16H2,1-2H3,(H,30,35). The first-order valence-electron chi connectivity index (χ1n) is 13.5. The summed E-state index contributed by atoms with van der Waals surface area (Å²) in [7, 11) is 0. The summed E-state index contributed by atoms with van der Waals surface area (Å²) in [5.41, 5.74) is 2.55. The van der Waals surface area contributed by atoms with E-state index in [4.69, 9.17) is 14.0 Å². The van der Waals surface area contributed by atoms with Gasteiger partial charge in [-0.05, 0) is 36.5 Å². The average Bonchev–Trinajstić information content (AvgIpc) is 3.63. The van der Waals surface area contributed by atoms with Gasteiger partial charge in [-0.3, -0.25) is 14.5 Å². The Morgan fingerprint density at radius 2 is 1.75 bits per heavy atom. The van der Waals surface area contributed by atoms with E-state index < -0.39 is 18.0 Å². The number of amides is 4. The number of rotatable bonds is 7. The van der Waals surface area contributed by atoms with Crippen molar-refractivity contribution in [1.29, 1.82) is 0 Å². The van der Waals surface area contributed by atoms with Gasteiger partial charge >= 0.3 is 6.03 Å². The molecule has 0 radical (unpaired) electrons. The van der Waals surface area contributed by atoms with Crippen LogP contribution in [0.4, 0.5) is 10.5 Å². The molecule has 11 heteroatoms. The van der Waals surface area contributed by atoms with Crippen LogP contribution in [0.5, 0.6) is 0 Å². The van der Waals surface area contributed by atoms with E-state index in [0.717, 1.165) is 16.0 Å². The highest BCUT2D eigenvalue weighted by Gasteiger charge is 2.53. The number of anilines is 1. The van der Waals surface area contributed by atoms with Crippen molar-refractivity contribution >= 4 is 23.5 Å². The molecule has 208 valence electrons. The van der Waals surface area contributed by atoms with Gasteiger partial charge in [0.25, 0.3) is 0 Å². The van der Waals surface area contributed by atoms with Crippen LogP contribution in [-0.2, 0) is 25.6 Å². The van der Waals surface area contributed by atoms with Crippen LogP contribution in [0, 0.1) is 5.92 Å². The van der Waals surface area contributed by atoms with Crippen LogP contribution >= 0.6 is 0 Å². The summed E-state index contributed by atoms with van der Waals surface area (Å²) in [6, 6.07) is 15.8. The second kappa shape index (κ2) is 10.8. The molecule has 4 atom stereocenters. The largest absolute Gasteiger partial charge is 0.349 e. The molecule has 6 rings (SSSR count). The molecule has 3 aromatic rings. The van der Waals surface area contributed by atoms with Crippen LogP contribution in [-0.4, -0.2) is 69.4 Å². The first-order chi connectivity index (χ1) is 19.4. The number of ether oxygens (including phenoxy) is 2. The fraction of sp³-hybridized carbons (Fsp3) is 0.414. The van der Waals surface area contributed by atoms with Gasteiger partial charge in [0.15, 0.2) is 0 Å². The van der Waals surface area contributed by atoms with Crippen LogP contribution in [0.1, 0.15) is 44.1 Å². The number of hydrogen-bond donors (Lipinski definition) is 1. The normalized spacial score (nSPS) is 24.3.